The van der Waals surface area contributed by atoms with E-state index in [2.05, 4.69) is 56.9 Å². The van der Waals surface area contributed by atoms with E-state index in [1.54, 1.807) is 0 Å². The van der Waals surface area contributed by atoms with Crippen LogP contribution in [0.3, 0.4) is 0 Å². The third kappa shape index (κ3) is 3.69. The summed E-state index contributed by atoms with van der Waals surface area (Å²) in [5, 5.41) is 0. The zero-order valence-electron chi connectivity index (χ0n) is 10.4. The predicted molar refractivity (Wildman–Crippen MR) is 73.3 cm³/mol. The van der Waals surface area contributed by atoms with Gasteiger partial charge in [0.2, 0.25) is 0 Å². The molecule has 86 valence electrons. The van der Waals surface area contributed by atoms with Crippen molar-refractivity contribution in [2.75, 3.05) is 0 Å². The minimum atomic E-state index is 0.518. The monoisotopic (exact) mass is 214 g/mol. The molecule has 1 rings (SSSR count). The van der Waals surface area contributed by atoms with Gasteiger partial charge < -0.3 is 0 Å². The quantitative estimate of drug-likeness (QED) is 0.566. The zero-order chi connectivity index (χ0) is 11.8. The van der Waals surface area contributed by atoms with Crippen molar-refractivity contribution < 1.29 is 0 Å². The van der Waals surface area contributed by atoms with E-state index >= 15 is 0 Å². The first kappa shape index (κ1) is 12.8. The molecule has 0 bridgehead atoms. The van der Waals surface area contributed by atoms with Gasteiger partial charge >= 0.3 is 0 Å². The highest BCUT2D eigenvalue weighted by molar-refractivity contribution is 5.44. The van der Waals surface area contributed by atoms with E-state index in [-0.39, 0.29) is 0 Å². The van der Waals surface area contributed by atoms with Crippen molar-refractivity contribution in [3.8, 4) is 0 Å². The average molecular weight is 214 g/mol. The van der Waals surface area contributed by atoms with Crippen molar-refractivity contribution >= 4 is 0 Å². The van der Waals surface area contributed by atoms with Crippen LogP contribution < -0.4 is 0 Å². The molecule has 1 aliphatic rings. The lowest BCUT2D eigenvalue weighted by Crippen LogP contribution is -2.01. The van der Waals surface area contributed by atoms with Gasteiger partial charge in [-0.25, -0.2) is 0 Å². The maximum atomic E-state index is 3.73. The molecule has 0 N–H and O–H groups in total. The molecule has 16 heavy (non-hydrogen) atoms. The lowest BCUT2D eigenvalue weighted by atomic mass is 9.88. The first-order chi connectivity index (χ1) is 7.79. The Morgan fingerprint density at radius 3 is 2.81 bits per heavy atom. The van der Waals surface area contributed by atoms with Gasteiger partial charge in [0.15, 0.2) is 0 Å². The molecular weight excluding hydrogens is 192 g/mol. The van der Waals surface area contributed by atoms with Crippen LogP contribution in [0.15, 0.2) is 60.3 Å². The van der Waals surface area contributed by atoms with Crippen LogP contribution in [0.1, 0.15) is 33.1 Å². The molecule has 0 fully saturated rings. The highest BCUT2D eigenvalue weighted by Crippen LogP contribution is 2.27. The van der Waals surface area contributed by atoms with Crippen LogP contribution in [0, 0.1) is 5.92 Å². The number of allylic oxidation sites excluding steroid dienone is 9. The minimum Gasteiger partial charge on any atom is -0.103 e. The Kier molecular flexibility index (Phi) is 5.63. The summed E-state index contributed by atoms with van der Waals surface area (Å²) in [6.45, 7) is 8.07. The molecule has 0 saturated heterocycles. The van der Waals surface area contributed by atoms with E-state index in [1.165, 1.54) is 24.0 Å². The van der Waals surface area contributed by atoms with Crippen molar-refractivity contribution in [2.24, 2.45) is 5.92 Å². The second-order valence-electron chi connectivity index (χ2n) is 4.14. The molecule has 1 atom stereocenters. The molecule has 0 heteroatoms. The Morgan fingerprint density at radius 1 is 1.38 bits per heavy atom. The van der Waals surface area contributed by atoms with Gasteiger partial charge in [-0.2, -0.15) is 0 Å². The standard InChI is InChI=1S/C16H22/c1-4-6-7-11-15-12-8-9-13-16(15)14(3)10-5-2/h4-5,7,10-14H,1,6,8-9H2,2-3H3/b10-5-,11-7-. The van der Waals surface area contributed by atoms with Crippen LogP contribution in [0.25, 0.3) is 0 Å². The largest absolute Gasteiger partial charge is 0.103 e. The second kappa shape index (κ2) is 7.05. The molecule has 0 heterocycles. The van der Waals surface area contributed by atoms with Crippen LogP contribution in [0.2, 0.25) is 0 Å². The summed E-state index contributed by atoms with van der Waals surface area (Å²) in [6, 6.07) is 0. The maximum absolute atomic E-state index is 3.73. The lowest BCUT2D eigenvalue weighted by Gasteiger charge is -2.17. The minimum absolute atomic E-state index is 0.518. The van der Waals surface area contributed by atoms with E-state index in [4.69, 9.17) is 0 Å². The molecule has 0 saturated carbocycles. The second-order valence-corrected chi connectivity index (χ2v) is 4.14. The van der Waals surface area contributed by atoms with Gasteiger partial charge in [0, 0.05) is 0 Å². The Balaban J connectivity index is 2.77. The SMILES string of the molecule is C=CC/C=C\C1=CCCC=C1C(C)/C=C\C. The summed E-state index contributed by atoms with van der Waals surface area (Å²) in [6.07, 6.45) is 18.7. The van der Waals surface area contributed by atoms with E-state index in [1.807, 2.05) is 6.08 Å². The van der Waals surface area contributed by atoms with Gasteiger partial charge in [0.05, 0.1) is 0 Å². The molecule has 0 aliphatic heterocycles. The number of hydrogen-bond donors (Lipinski definition) is 0. The average Bonchev–Trinajstić information content (AvgIpc) is 2.30. The molecule has 0 aromatic carbocycles. The topological polar surface area (TPSA) is 0 Å². The third-order valence-electron chi connectivity index (χ3n) is 2.80. The van der Waals surface area contributed by atoms with Gasteiger partial charge in [-0.15, -0.1) is 6.58 Å². The van der Waals surface area contributed by atoms with Crippen molar-refractivity contribution in [3.05, 3.63) is 60.3 Å². The van der Waals surface area contributed by atoms with Crippen LogP contribution >= 0.6 is 0 Å². The Labute approximate surface area is 99.8 Å². The number of rotatable bonds is 5. The Bertz CT molecular complexity index is 337. The van der Waals surface area contributed by atoms with Gasteiger partial charge in [-0.3, -0.25) is 0 Å². The first-order valence-electron chi connectivity index (χ1n) is 6.10. The molecule has 0 amide bonds. The summed E-state index contributed by atoms with van der Waals surface area (Å²) in [4.78, 5) is 0. The van der Waals surface area contributed by atoms with Gasteiger partial charge in [0.1, 0.15) is 0 Å². The van der Waals surface area contributed by atoms with Gasteiger partial charge in [-0.05, 0) is 43.3 Å². The maximum Gasteiger partial charge on any atom is -0.000789 e. The molecule has 0 nitrogen and oxygen atoms in total. The number of hydrogen-bond acceptors (Lipinski definition) is 0. The fraction of sp³-hybridized carbons (Fsp3) is 0.375. The van der Waals surface area contributed by atoms with Crippen LogP contribution in [-0.4, -0.2) is 0 Å². The van der Waals surface area contributed by atoms with Gasteiger partial charge in [-0.1, -0.05) is 49.5 Å². The van der Waals surface area contributed by atoms with E-state index in [9.17, 15) is 0 Å². The van der Waals surface area contributed by atoms with E-state index in [0.717, 1.165) is 6.42 Å². The lowest BCUT2D eigenvalue weighted by molar-refractivity contribution is 0.840. The van der Waals surface area contributed by atoms with Crippen molar-refractivity contribution in [3.63, 3.8) is 0 Å². The Morgan fingerprint density at radius 2 is 2.12 bits per heavy atom. The molecule has 0 radical (unpaired) electrons. The fourth-order valence-electron chi connectivity index (χ4n) is 2.01. The van der Waals surface area contributed by atoms with Crippen molar-refractivity contribution in [2.45, 2.75) is 33.1 Å². The summed E-state index contributed by atoms with van der Waals surface area (Å²) in [5.74, 6) is 0.518. The smallest absolute Gasteiger partial charge is 0.000789 e. The third-order valence-corrected chi connectivity index (χ3v) is 2.80. The Hall–Kier alpha value is -1.30. The normalized spacial score (nSPS) is 18.6. The first-order valence-corrected chi connectivity index (χ1v) is 6.10. The van der Waals surface area contributed by atoms with E-state index in [0.29, 0.717) is 5.92 Å². The zero-order valence-corrected chi connectivity index (χ0v) is 10.4. The summed E-state index contributed by atoms with van der Waals surface area (Å²) < 4.78 is 0. The highest BCUT2D eigenvalue weighted by atomic mass is 14.2. The summed E-state index contributed by atoms with van der Waals surface area (Å²) in [5.41, 5.74) is 2.85. The molecule has 1 aliphatic carbocycles. The molecule has 1 unspecified atom stereocenters. The molecular formula is C16H22. The molecule has 0 aromatic rings. The summed E-state index contributed by atoms with van der Waals surface area (Å²) in [7, 11) is 0. The van der Waals surface area contributed by atoms with Crippen LogP contribution in [-0.2, 0) is 0 Å². The van der Waals surface area contributed by atoms with Crippen molar-refractivity contribution in [1.82, 2.24) is 0 Å². The van der Waals surface area contributed by atoms with Crippen LogP contribution in [0.4, 0.5) is 0 Å². The summed E-state index contributed by atoms with van der Waals surface area (Å²) >= 11 is 0. The van der Waals surface area contributed by atoms with Crippen molar-refractivity contribution in [1.29, 1.82) is 0 Å². The van der Waals surface area contributed by atoms with Crippen LogP contribution in [0.5, 0.6) is 0 Å². The van der Waals surface area contributed by atoms with E-state index < -0.39 is 0 Å². The highest BCUT2D eigenvalue weighted by Gasteiger charge is 2.10. The molecule has 0 spiro atoms. The fourth-order valence-corrected chi connectivity index (χ4v) is 2.01. The van der Waals surface area contributed by atoms with Gasteiger partial charge in [0.25, 0.3) is 0 Å². The molecule has 0 aromatic heterocycles. The predicted octanol–water partition coefficient (Wildman–Crippen LogP) is 4.98.